The van der Waals surface area contributed by atoms with Gasteiger partial charge >= 0.3 is 0 Å². The van der Waals surface area contributed by atoms with E-state index in [1.165, 1.54) is 18.2 Å². The van der Waals surface area contributed by atoms with Crippen LogP contribution in [-0.4, -0.2) is 31.7 Å². The van der Waals surface area contributed by atoms with Crippen molar-refractivity contribution in [3.05, 3.63) is 58.6 Å². The Morgan fingerprint density at radius 1 is 1.12 bits per heavy atom. The number of halogens is 2. The zero-order chi connectivity index (χ0) is 17.7. The quantitative estimate of drug-likeness (QED) is 0.823. The van der Waals surface area contributed by atoms with Crippen molar-refractivity contribution >= 4 is 44.8 Å². The second-order valence-electron chi connectivity index (χ2n) is 4.92. The molecule has 2 rings (SSSR count). The molecule has 1 N–H and O–H groups in total. The lowest BCUT2D eigenvalue weighted by Gasteiger charge is -2.20. The molecule has 0 fully saturated rings. The third-order valence-corrected chi connectivity index (χ3v) is 5.88. The van der Waals surface area contributed by atoms with Crippen LogP contribution in [0.2, 0.25) is 10.0 Å². The molecule has 0 aromatic heterocycles. The molecule has 0 aliphatic heterocycles. The maximum atomic E-state index is 12.7. The van der Waals surface area contributed by atoms with Gasteiger partial charge in [0.2, 0.25) is 15.9 Å². The number of nitrogens with one attached hydrogen (secondary N) is 1. The molecule has 0 unspecified atom stereocenters. The fourth-order valence-electron chi connectivity index (χ4n) is 2.06. The van der Waals surface area contributed by atoms with Crippen molar-refractivity contribution in [3.8, 4) is 0 Å². The number of carbonyl (C=O) groups excluding carboxylic acids is 1. The number of rotatable bonds is 6. The van der Waals surface area contributed by atoms with Gasteiger partial charge in [-0.1, -0.05) is 48.3 Å². The van der Waals surface area contributed by atoms with Gasteiger partial charge in [-0.05, 0) is 30.3 Å². The van der Waals surface area contributed by atoms with Crippen LogP contribution in [0.5, 0.6) is 0 Å². The molecule has 0 heterocycles. The average molecular weight is 387 g/mol. The molecule has 0 saturated carbocycles. The maximum Gasteiger partial charge on any atom is 0.245 e. The van der Waals surface area contributed by atoms with Crippen LogP contribution < -0.4 is 5.32 Å². The molecule has 8 heteroatoms. The Balaban J connectivity index is 2.20. The van der Waals surface area contributed by atoms with Gasteiger partial charge in [-0.2, -0.15) is 4.31 Å². The van der Waals surface area contributed by atoms with Gasteiger partial charge in [0.1, 0.15) is 4.90 Å². The van der Waals surface area contributed by atoms with Crippen LogP contribution in [0.3, 0.4) is 0 Å². The normalized spacial score (nSPS) is 11.5. The smallest absolute Gasteiger partial charge is 0.245 e. The van der Waals surface area contributed by atoms with Crippen molar-refractivity contribution in [2.24, 2.45) is 0 Å². The number of amides is 1. The Labute approximate surface area is 151 Å². The molecule has 0 aliphatic rings. The van der Waals surface area contributed by atoms with E-state index in [9.17, 15) is 13.2 Å². The molecule has 5 nitrogen and oxygen atoms in total. The summed E-state index contributed by atoms with van der Waals surface area (Å²) in [5, 5.41) is 2.96. The predicted octanol–water partition coefficient (Wildman–Crippen LogP) is 3.64. The van der Waals surface area contributed by atoms with Gasteiger partial charge in [-0.3, -0.25) is 4.79 Å². The van der Waals surface area contributed by atoms with Crippen LogP contribution in [0.15, 0.2) is 53.4 Å². The first-order valence-electron chi connectivity index (χ1n) is 7.14. The second-order valence-corrected chi connectivity index (χ2v) is 7.67. The van der Waals surface area contributed by atoms with Crippen molar-refractivity contribution in [1.29, 1.82) is 0 Å². The van der Waals surface area contributed by atoms with Gasteiger partial charge < -0.3 is 5.32 Å². The fourth-order valence-corrected chi connectivity index (χ4v) is 4.21. The van der Waals surface area contributed by atoms with E-state index < -0.39 is 15.9 Å². The second kappa shape index (κ2) is 7.98. The van der Waals surface area contributed by atoms with E-state index in [0.29, 0.717) is 5.69 Å². The number of sulfonamides is 1. The van der Waals surface area contributed by atoms with E-state index in [-0.39, 0.29) is 28.0 Å². The Morgan fingerprint density at radius 2 is 1.79 bits per heavy atom. The highest BCUT2D eigenvalue weighted by Crippen LogP contribution is 2.27. The topological polar surface area (TPSA) is 66.5 Å². The largest absolute Gasteiger partial charge is 0.325 e. The zero-order valence-corrected chi connectivity index (χ0v) is 15.2. The van der Waals surface area contributed by atoms with Crippen molar-refractivity contribution in [1.82, 2.24) is 4.31 Å². The predicted molar refractivity (Wildman–Crippen MR) is 96.0 cm³/mol. The summed E-state index contributed by atoms with van der Waals surface area (Å²) in [6, 6.07) is 13.0. The molecular formula is C16H16Cl2N2O3S. The van der Waals surface area contributed by atoms with Crippen LogP contribution in [-0.2, 0) is 14.8 Å². The van der Waals surface area contributed by atoms with E-state index >= 15 is 0 Å². The maximum absolute atomic E-state index is 12.7. The number of nitrogens with zero attached hydrogens (tertiary/aromatic N) is 1. The van der Waals surface area contributed by atoms with E-state index in [2.05, 4.69) is 5.32 Å². The van der Waals surface area contributed by atoms with Crippen LogP contribution in [0.1, 0.15) is 6.92 Å². The highest BCUT2D eigenvalue weighted by Gasteiger charge is 2.27. The summed E-state index contributed by atoms with van der Waals surface area (Å²) < 4.78 is 26.5. The number of carbonyl (C=O) groups is 1. The number of benzene rings is 2. The molecule has 0 atom stereocenters. The number of hydrogen-bond donors (Lipinski definition) is 1. The third kappa shape index (κ3) is 4.48. The lowest BCUT2D eigenvalue weighted by atomic mass is 10.3. The molecule has 0 bridgehead atoms. The number of likely N-dealkylation sites (N-methyl/N-ethyl adjacent to an activating group) is 1. The molecule has 1 amide bonds. The van der Waals surface area contributed by atoms with Gasteiger partial charge in [0, 0.05) is 17.3 Å². The Morgan fingerprint density at radius 3 is 2.42 bits per heavy atom. The molecule has 2 aromatic rings. The fraction of sp³-hybridized carbons (Fsp3) is 0.188. The summed E-state index contributed by atoms with van der Waals surface area (Å²) in [7, 11) is -3.94. The Bertz CT molecular complexity index is 826. The highest BCUT2D eigenvalue weighted by atomic mass is 35.5. The average Bonchev–Trinajstić information content (AvgIpc) is 2.55. The molecule has 0 saturated heterocycles. The van der Waals surface area contributed by atoms with Gasteiger partial charge in [-0.15, -0.1) is 0 Å². The summed E-state index contributed by atoms with van der Waals surface area (Å²) in [5.74, 6) is -0.440. The third-order valence-electron chi connectivity index (χ3n) is 3.24. The van der Waals surface area contributed by atoms with E-state index in [0.717, 1.165) is 4.31 Å². The van der Waals surface area contributed by atoms with E-state index in [4.69, 9.17) is 23.2 Å². The van der Waals surface area contributed by atoms with Gasteiger partial charge in [0.15, 0.2) is 0 Å². The molecule has 0 aliphatic carbocycles. The van der Waals surface area contributed by atoms with Gasteiger partial charge in [-0.25, -0.2) is 8.42 Å². The summed E-state index contributed by atoms with van der Waals surface area (Å²) >= 11 is 11.8. The molecule has 24 heavy (non-hydrogen) atoms. The Hall–Kier alpha value is -1.60. The van der Waals surface area contributed by atoms with Crippen molar-refractivity contribution in [3.63, 3.8) is 0 Å². The standard InChI is InChI=1S/C16H16Cl2N2O3S/c1-2-20(11-16(21)19-13-6-4-3-5-7-13)24(22,23)15-10-12(17)8-9-14(15)18/h3-10H,2,11H2,1H3,(H,19,21). The summed E-state index contributed by atoms with van der Waals surface area (Å²) in [4.78, 5) is 12.0. The summed E-state index contributed by atoms with van der Waals surface area (Å²) in [6.07, 6.45) is 0. The summed E-state index contributed by atoms with van der Waals surface area (Å²) in [5.41, 5.74) is 0.594. The monoisotopic (exact) mass is 386 g/mol. The summed E-state index contributed by atoms with van der Waals surface area (Å²) in [6.45, 7) is 1.44. The molecule has 0 radical (unpaired) electrons. The number of para-hydroxylation sites is 1. The SMILES string of the molecule is CCN(CC(=O)Nc1ccccc1)S(=O)(=O)c1cc(Cl)ccc1Cl. The van der Waals surface area contributed by atoms with Crippen LogP contribution in [0, 0.1) is 0 Å². The molecule has 0 spiro atoms. The lowest BCUT2D eigenvalue weighted by molar-refractivity contribution is -0.116. The number of anilines is 1. The number of hydrogen-bond acceptors (Lipinski definition) is 3. The molecule has 128 valence electrons. The van der Waals surface area contributed by atoms with E-state index in [1.807, 2.05) is 6.07 Å². The van der Waals surface area contributed by atoms with E-state index in [1.54, 1.807) is 31.2 Å². The molecular weight excluding hydrogens is 371 g/mol. The van der Waals surface area contributed by atoms with Crippen molar-refractivity contribution in [2.75, 3.05) is 18.4 Å². The lowest BCUT2D eigenvalue weighted by Crippen LogP contribution is -2.38. The minimum absolute atomic E-state index is 0.0568. The van der Waals surface area contributed by atoms with Crippen LogP contribution >= 0.6 is 23.2 Å². The minimum atomic E-state index is -3.94. The minimum Gasteiger partial charge on any atom is -0.325 e. The van der Waals surface area contributed by atoms with Gasteiger partial charge in [0.05, 0.1) is 11.6 Å². The first-order valence-corrected chi connectivity index (χ1v) is 9.34. The van der Waals surface area contributed by atoms with Crippen molar-refractivity contribution in [2.45, 2.75) is 11.8 Å². The highest BCUT2D eigenvalue weighted by molar-refractivity contribution is 7.89. The zero-order valence-electron chi connectivity index (χ0n) is 12.9. The van der Waals surface area contributed by atoms with Crippen LogP contribution in [0.4, 0.5) is 5.69 Å². The van der Waals surface area contributed by atoms with Crippen molar-refractivity contribution < 1.29 is 13.2 Å². The first-order chi connectivity index (χ1) is 11.3. The van der Waals surface area contributed by atoms with Crippen LogP contribution in [0.25, 0.3) is 0 Å². The molecule has 2 aromatic carbocycles. The van der Waals surface area contributed by atoms with Gasteiger partial charge in [0.25, 0.3) is 0 Å². The first kappa shape index (κ1) is 18.7. The Kier molecular flexibility index (Phi) is 6.23.